The number of ether oxygens (including phenoxy) is 3. The maximum absolute atomic E-state index is 13.6. The average Bonchev–Trinajstić information content (AvgIpc) is 3.22. The summed E-state index contributed by atoms with van der Waals surface area (Å²) in [5, 5.41) is 0.913. The Morgan fingerprint density at radius 2 is 2.00 bits per heavy atom. The second kappa shape index (κ2) is 8.83. The summed E-state index contributed by atoms with van der Waals surface area (Å²) in [6.07, 6.45) is 2.92. The second-order valence-electron chi connectivity index (χ2n) is 9.06. The van der Waals surface area contributed by atoms with Gasteiger partial charge < -0.3 is 18.8 Å². The number of esters is 2. The largest absolute Gasteiger partial charge is 0.497 e. The Hall–Kier alpha value is -3.68. The zero-order valence-corrected chi connectivity index (χ0v) is 20.2. The minimum absolute atomic E-state index is 0.147. The van der Waals surface area contributed by atoms with Gasteiger partial charge in [-0.25, -0.2) is 9.78 Å². The number of fused-ring (bicyclic) bond motifs is 5. The third kappa shape index (κ3) is 3.68. The predicted molar refractivity (Wildman–Crippen MR) is 129 cm³/mol. The molecule has 8 nitrogen and oxygen atoms in total. The van der Waals surface area contributed by atoms with Crippen LogP contribution in [0.1, 0.15) is 62.6 Å². The van der Waals surface area contributed by atoms with Crippen molar-refractivity contribution in [1.29, 1.82) is 0 Å². The number of rotatable bonds is 7. The quantitative estimate of drug-likeness (QED) is 0.291. The van der Waals surface area contributed by atoms with E-state index in [1.165, 1.54) is 0 Å². The van der Waals surface area contributed by atoms with Gasteiger partial charge in [-0.2, -0.15) is 0 Å². The van der Waals surface area contributed by atoms with E-state index in [1.54, 1.807) is 24.7 Å². The van der Waals surface area contributed by atoms with Crippen LogP contribution in [-0.2, 0) is 37.8 Å². The zero-order chi connectivity index (χ0) is 24.7. The molecule has 2 aliphatic heterocycles. The van der Waals surface area contributed by atoms with Gasteiger partial charge in [0.1, 0.15) is 12.4 Å². The first-order valence-electron chi connectivity index (χ1n) is 12.1. The molecule has 0 bridgehead atoms. The molecule has 0 spiro atoms. The van der Waals surface area contributed by atoms with Crippen LogP contribution in [0.5, 0.6) is 5.75 Å². The molecule has 4 heterocycles. The fourth-order valence-electron chi connectivity index (χ4n) is 5.01. The number of cyclic esters (lactones) is 1. The topological polar surface area (TPSA) is 96.7 Å². The van der Waals surface area contributed by atoms with Crippen LogP contribution < -0.4 is 10.3 Å². The second-order valence-corrected chi connectivity index (χ2v) is 9.06. The van der Waals surface area contributed by atoms with Gasteiger partial charge in [0.15, 0.2) is 0 Å². The number of pyridine rings is 2. The van der Waals surface area contributed by atoms with Gasteiger partial charge in [0.05, 0.1) is 36.1 Å². The van der Waals surface area contributed by atoms with Gasteiger partial charge in [0.25, 0.3) is 5.56 Å². The minimum Gasteiger partial charge on any atom is -0.497 e. The fraction of sp³-hybridized carbons (Fsp3) is 0.407. The molecule has 1 aromatic carbocycles. The Kier molecular flexibility index (Phi) is 5.83. The summed E-state index contributed by atoms with van der Waals surface area (Å²) in [4.78, 5) is 44.1. The van der Waals surface area contributed by atoms with E-state index in [1.807, 2.05) is 31.2 Å². The fourth-order valence-corrected chi connectivity index (χ4v) is 5.01. The highest BCUT2D eigenvalue weighted by Gasteiger charge is 2.50. The van der Waals surface area contributed by atoms with E-state index in [0.29, 0.717) is 35.5 Å². The van der Waals surface area contributed by atoms with E-state index >= 15 is 0 Å². The molecule has 0 fully saturated rings. The summed E-state index contributed by atoms with van der Waals surface area (Å²) in [7, 11) is 1.61. The third-order valence-electron chi connectivity index (χ3n) is 6.96. The predicted octanol–water partition coefficient (Wildman–Crippen LogP) is 4.22. The van der Waals surface area contributed by atoms with E-state index in [9.17, 15) is 14.4 Å². The maximum atomic E-state index is 13.6. The lowest BCUT2D eigenvalue weighted by Gasteiger charge is -2.35. The first-order chi connectivity index (χ1) is 16.9. The molecule has 0 aliphatic carbocycles. The first-order valence-corrected chi connectivity index (χ1v) is 12.1. The average molecular weight is 477 g/mol. The highest BCUT2D eigenvalue weighted by molar-refractivity contribution is 5.88. The number of nitrogens with zero attached hydrogens (tertiary/aromatic N) is 2. The minimum atomic E-state index is -1.64. The number of methoxy groups -OCH3 is 1. The van der Waals surface area contributed by atoms with E-state index in [2.05, 4.69) is 0 Å². The standard InChI is InChI=1S/C27H28N2O6/c1-4-6-7-8-23(30)35-27(5-2)20-13-22-24-17(11-16-12-18(33-3)9-10-21(16)28-24)14-29(22)25(31)19(20)15-34-26(27)32/h9-13H,4-8,14-15H2,1-3H3. The van der Waals surface area contributed by atoms with Crippen LogP contribution in [0.15, 0.2) is 35.1 Å². The molecular formula is C27H28N2O6. The molecule has 0 saturated heterocycles. The SMILES string of the molecule is CCCCCC(=O)OC1(CC)C(=O)OCc2c1cc1n(c2=O)Cc2cc3cc(OC)ccc3nc2-1. The van der Waals surface area contributed by atoms with E-state index in [0.717, 1.165) is 35.1 Å². The van der Waals surface area contributed by atoms with Crippen LogP contribution in [0.2, 0.25) is 0 Å². The molecule has 5 rings (SSSR count). The number of hydrogen-bond acceptors (Lipinski definition) is 7. The number of hydrogen-bond donors (Lipinski definition) is 0. The van der Waals surface area contributed by atoms with Crippen LogP contribution >= 0.6 is 0 Å². The summed E-state index contributed by atoms with van der Waals surface area (Å²) in [5.74, 6) is -0.381. The molecule has 1 atom stereocenters. The maximum Gasteiger partial charge on any atom is 0.355 e. The van der Waals surface area contributed by atoms with E-state index in [4.69, 9.17) is 19.2 Å². The Morgan fingerprint density at radius 1 is 1.17 bits per heavy atom. The number of aromatic nitrogens is 2. The molecule has 0 amide bonds. The molecule has 35 heavy (non-hydrogen) atoms. The normalized spacial score (nSPS) is 18.0. The molecule has 3 aromatic rings. The van der Waals surface area contributed by atoms with Gasteiger partial charge >= 0.3 is 11.9 Å². The molecule has 0 radical (unpaired) electrons. The van der Waals surface area contributed by atoms with Crippen LogP contribution in [0.25, 0.3) is 22.3 Å². The van der Waals surface area contributed by atoms with Gasteiger partial charge in [-0.1, -0.05) is 26.7 Å². The lowest BCUT2D eigenvalue weighted by molar-refractivity contribution is -0.189. The smallest absolute Gasteiger partial charge is 0.355 e. The van der Waals surface area contributed by atoms with E-state index in [-0.39, 0.29) is 25.0 Å². The van der Waals surface area contributed by atoms with Crippen LogP contribution in [0.4, 0.5) is 0 Å². The highest BCUT2D eigenvalue weighted by Crippen LogP contribution is 2.41. The van der Waals surface area contributed by atoms with Gasteiger partial charge in [-0.3, -0.25) is 9.59 Å². The van der Waals surface area contributed by atoms with Crippen molar-refractivity contribution in [3.05, 3.63) is 57.4 Å². The molecule has 2 aliphatic rings. The molecule has 0 saturated carbocycles. The Morgan fingerprint density at radius 3 is 2.74 bits per heavy atom. The summed E-state index contributed by atoms with van der Waals surface area (Å²) >= 11 is 0. The van der Waals surface area contributed by atoms with Gasteiger partial charge in [0.2, 0.25) is 5.60 Å². The number of benzene rings is 1. The Balaban J connectivity index is 1.63. The van der Waals surface area contributed by atoms with Crippen molar-refractivity contribution in [3.63, 3.8) is 0 Å². The van der Waals surface area contributed by atoms with Crippen molar-refractivity contribution in [3.8, 4) is 17.1 Å². The molecule has 182 valence electrons. The van der Waals surface area contributed by atoms with Gasteiger partial charge in [0, 0.05) is 22.9 Å². The van der Waals surface area contributed by atoms with Crippen molar-refractivity contribution in [2.45, 2.75) is 64.7 Å². The lowest BCUT2D eigenvalue weighted by atomic mass is 9.85. The molecule has 1 unspecified atom stereocenters. The Labute approximate surface area is 202 Å². The molecular weight excluding hydrogens is 448 g/mol. The summed E-state index contributed by atoms with van der Waals surface area (Å²) in [6.45, 7) is 4.02. The van der Waals surface area contributed by atoms with E-state index < -0.39 is 17.5 Å². The number of carbonyl (C=O) groups is 2. The molecule has 2 aromatic heterocycles. The van der Waals surface area contributed by atoms with Crippen molar-refractivity contribution in [2.75, 3.05) is 7.11 Å². The van der Waals surface area contributed by atoms with Crippen molar-refractivity contribution in [2.24, 2.45) is 0 Å². The monoisotopic (exact) mass is 476 g/mol. The van der Waals surface area contributed by atoms with Crippen LogP contribution in [0, 0.1) is 0 Å². The highest BCUT2D eigenvalue weighted by atomic mass is 16.6. The van der Waals surface area contributed by atoms with Crippen molar-refractivity contribution < 1.29 is 23.8 Å². The van der Waals surface area contributed by atoms with Crippen LogP contribution in [-0.4, -0.2) is 28.6 Å². The first kappa shape index (κ1) is 23.1. The van der Waals surface area contributed by atoms with Crippen molar-refractivity contribution in [1.82, 2.24) is 9.55 Å². The molecule has 0 N–H and O–H groups in total. The lowest BCUT2D eigenvalue weighted by Crippen LogP contribution is -2.47. The number of unbranched alkanes of at least 4 members (excludes halogenated alkanes) is 2. The summed E-state index contributed by atoms with van der Waals surface area (Å²) in [5.41, 5.74) is 1.80. The number of carbonyl (C=O) groups excluding carboxylic acids is 2. The summed E-state index contributed by atoms with van der Waals surface area (Å²) in [6, 6.07) is 9.42. The van der Waals surface area contributed by atoms with Gasteiger partial charge in [-0.05, 0) is 43.2 Å². The zero-order valence-electron chi connectivity index (χ0n) is 20.2. The molecule has 8 heteroatoms. The third-order valence-corrected chi connectivity index (χ3v) is 6.96. The van der Waals surface area contributed by atoms with Crippen molar-refractivity contribution >= 4 is 22.8 Å². The van der Waals surface area contributed by atoms with Gasteiger partial charge in [-0.15, -0.1) is 0 Å². The Bertz CT molecular complexity index is 1410. The summed E-state index contributed by atoms with van der Waals surface area (Å²) < 4.78 is 18.2. The van der Waals surface area contributed by atoms with Crippen LogP contribution in [0.3, 0.4) is 0 Å².